The van der Waals surface area contributed by atoms with Gasteiger partial charge in [0, 0.05) is 13.1 Å². The van der Waals surface area contributed by atoms with Gasteiger partial charge < -0.3 is 10.6 Å². The monoisotopic (exact) mass is 320 g/mol. The summed E-state index contributed by atoms with van der Waals surface area (Å²) in [5.74, 6) is 0. The first kappa shape index (κ1) is 17.7. The van der Waals surface area contributed by atoms with E-state index in [0.29, 0.717) is 0 Å². The van der Waals surface area contributed by atoms with Crippen LogP contribution in [0, 0.1) is 12.1 Å². The van der Waals surface area contributed by atoms with Crippen molar-refractivity contribution in [2.45, 2.75) is 25.9 Å². The summed E-state index contributed by atoms with van der Waals surface area (Å²) < 4.78 is 0. The highest BCUT2D eigenvalue weighted by atomic mass is 14.9. The van der Waals surface area contributed by atoms with E-state index >= 15 is 0 Å². The average molecular weight is 320 g/mol. The van der Waals surface area contributed by atoms with Crippen LogP contribution in [0.1, 0.15) is 35.1 Å². The van der Waals surface area contributed by atoms with Crippen LogP contribution in [0.25, 0.3) is 0 Å². The van der Waals surface area contributed by atoms with E-state index in [1.807, 2.05) is 48.5 Å². The van der Waals surface area contributed by atoms with Gasteiger partial charge in [-0.1, -0.05) is 34.8 Å². The Morgan fingerprint density at radius 2 is 1.00 bits per heavy atom. The van der Waals surface area contributed by atoms with Crippen LogP contribution in [0.15, 0.2) is 48.5 Å². The third-order valence-electron chi connectivity index (χ3n) is 3.81. The van der Waals surface area contributed by atoms with Crippen LogP contribution in [-0.2, 0) is 13.1 Å². The fourth-order valence-corrected chi connectivity index (χ4v) is 2.38. The molecule has 0 aromatic heterocycles. The Morgan fingerprint density at radius 1 is 0.625 bits per heavy atom. The summed E-state index contributed by atoms with van der Waals surface area (Å²) in [4.78, 5) is 0. The predicted molar refractivity (Wildman–Crippen MR) is 93.4 cm³/mol. The first-order chi connectivity index (χ1) is 11.8. The second-order valence-corrected chi connectivity index (χ2v) is 5.70. The lowest BCUT2D eigenvalue weighted by Gasteiger charge is -2.06. The number of benzene rings is 2. The van der Waals surface area contributed by atoms with E-state index in [0.717, 1.165) is 50.1 Å². The molecule has 4 heteroatoms. The van der Waals surface area contributed by atoms with Crippen LogP contribution < -0.4 is 21.2 Å². The standard InChI is InChI=1S/C20H22N4/c21-13-17-3-7-19(8-4-17)15-23-11-1-2-12-24-16-20-9-5-18(14-22)6-10-20/h3-10,23-24H,1-2,11-12,15-16H2/p+2. The molecule has 0 saturated heterocycles. The molecule has 4 N–H and O–H groups in total. The highest BCUT2D eigenvalue weighted by Crippen LogP contribution is 2.03. The number of nitrogens with one attached hydrogen (secondary N) is 4. The second-order valence-electron chi connectivity index (χ2n) is 5.70. The lowest BCUT2D eigenvalue weighted by Crippen LogP contribution is -2.19. The van der Waals surface area contributed by atoms with Gasteiger partial charge >= 0.3 is 12.1 Å². The Hall–Kier alpha value is -2.66. The lowest BCUT2D eigenvalue weighted by molar-refractivity contribution is -0.0916. The molecule has 0 aliphatic rings. The number of hydrogen-bond acceptors (Lipinski definition) is 2. The zero-order valence-electron chi connectivity index (χ0n) is 13.9. The molecule has 0 amide bonds. The molecule has 0 radical (unpaired) electrons. The molecule has 2 rings (SSSR count). The van der Waals surface area contributed by atoms with Crippen molar-refractivity contribution in [3.05, 3.63) is 70.8 Å². The Bertz CT molecular complexity index is 627. The van der Waals surface area contributed by atoms with Crippen molar-refractivity contribution in [3.8, 4) is 12.1 Å². The van der Waals surface area contributed by atoms with Crippen LogP contribution in [0.4, 0.5) is 0 Å². The number of hydrogen-bond donors (Lipinski definition) is 4. The number of unbranched alkanes of at least 4 members (excludes halogenated alkanes) is 1. The van der Waals surface area contributed by atoms with Gasteiger partial charge in [0.25, 0.3) is 0 Å². The van der Waals surface area contributed by atoms with Gasteiger partial charge in [-0.2, -0.15) is 0 Å². The maximum absolute atomic E-state index is 7.05. The molecule has 0 saturated carbocycles. The zero-order chi connectivity index (χ0) is 17.0. The van der Waals surface area contributed by atoms with Gasteiger partial charge in [0.15, 0.2) is 0 Å². The van der Waals surface area contributed by atoms with E-state index in [9.17, 15) is 0 Å². The van der Waals surface area contributed by atoms with Crippen molar-refractivity contribution < 1.29 is 10.5 Å². The molecule has 2 aromatic rings. The SMILES string of the molecule is [NH+]#Cc1ccc(CNCCCCNCc2ccc(C#[NH+])cc2)cc1. The summed E-state index contributed by atoms with van der Waals surface area (Å²) in [5.41, 5.74) is 4.10. The van der Waals surface area contributed by atoms with Crippen molar-refractivity contribution in [1.82, 2.24) is 10.6 Å². The van der Waals surface area contributed by atoms with Gasteiger partial charge in [-0.25, -0.2) is 0 Å². The van der Waals surface area contributed by atoms with Crippen molar-refractivity contribution in [2.75, 3.05) is 13.1 Å². The Morgan fingerprint density at radius 3 is 1.33 bits per heavy atom. The lowest BCUT2D eigenvalue weighted by atomic mass is 10.1. The molecule has 0 heterocycles. The van der Waals surface area contributed by atoms with E-state index in [2.05, 4.69) is 22.8 Å². The summed E-state index contributed by atoms with van der Waals surface area (Å²) in [6.07, 6.45) is 2.28. The van der Waals surface area contributed by atoms with Crippen LogP contribution in [0.2, 0.25) is 0 Å². The van der Waals surface area contributed by atoms with Gasteiger partial charge in [0.1, 0.15) is 11.1 Å². The molecule has 0 spiro atoms. The first-order valence-corrected chi connectivity index (χ1v) is 8.26. The van der Waals surface area contributed by atoms with Crippen molar-refractivity contribution in [2.24, 2.45) is 0 Å². The van der Waals surface area contributed by atoms with Crippen molar-refractivity contribution in [3.63, 3.8) is 0 Å². The Kier molecular flexibility index (Phi) is 7.50. The van der Waals surface area contributed by atoms with Gasteiger partial charge in [-0.05, 0) is 61.3 Å². The van der Waals surface area contributed by atoms with E-state index < -0.39 is 0 Å². The summed E-state index contributed by atoms with van der Waals surface area (Å²) in [5, 5.41) is 21.0. The minimum atomic E-state index is 0.815. The third kappa shape index (κ3) is 6.22. The molecule has 2 aromatic carbocycles. The van der Waals surface area contributed by atoms with Crippen LogP contribution in [0.3, 0.4) is 0 Å². The van der Waals surface area contributed by atoms with E-state index in [-0.39, 0.29) is 0 Å². The molecule has 4 nitrogen and oxygen atoms in total. The van der Waals surface area contributed by atoms with Gasteiger partial charge in [0.05, 0.1) is 0 Å². The topological polar surface area (TPSA) is 71.7 Å². The van der Waals surface area contributed by atoms with Crippen LogP contribution in [-0.4, -0.2) is 13.1 Å². The Balaban J connectivity index is 1.50. The van der Waals surface area contributed by atoms with Crippen molar-refractivity contribution in [1.29, 1.82) is 0 Å². The molecule has 0 atom stereocenters. The highest BCUT2D eigenvalue weighted by molar-refractivity contribution is 5.31. The fourth-order valence-electron chi connectivity index (χ4n) is 2.38. The molecular weight excluding hydrogens is 296 g/mol. The fraction of sp³-hybridized carbons (Fsp3) is 0.300. The summed E-state index contributed by atoms with van der Waals surface area (Å²) in [6.45, 7) is 3.73. The van der Waals surface area contributed by atoms with Gasteiger partial charge in [-0.15, -0.1) is 0 Å². The molecule has 0 aliphatic heterocycles. The zero-order valence-corrected chi connectivity index (χ0v) is 13.9. The first-order valence-electron chi connectivity index (χ1n) is 8.26. The van der Waals surface area contributed by atoms with E-state index in [1.54, 1.807) is 0 Å². The quantitative estimate of drug-likeness (QED) is 0.474. The molecular formula is C20H24N4+2. The minimum Gasteiger partial charge on any atom is -0.313 e. The average Bonchev–Trinajstić information content (AvgIpc) is 2.65. The predicted octanol–water partition coefficient (Wildman–Crippen LogP) is -0.412. The minimum absolute atomic E-state index is 0.815. The molecule has 0 unspecified atom stereocenters. The van der Waals surface area contributed by atoms with Crippen molar-refractivity contribution >= 4 is 0 Å². The number of rotatable bonds is 9. The molecule has 0 bridgehead atoms. The smallest absolute Gasteiger partial charge is 0.308 e. The summed E-state index contributed by atoms with van der Waals surface area (Å²) >= 11 is 0. The highest BCUT2D eigenvalue weighted by Gasteiger charge is 1.97. The largest absolute Gasteiger partial charge is 0.313 e. The van der Waals surface area contributed by atoms with E-state index in [1.165, 1.54) is 11.1 Å². The third-order valence-corrected chi connectivity index (χ3v) is 3.81. The maximum Gasteiger partial charge on any atom is 0.308 e. The molecule has 122 valence electrons. The second kappa shape index (κ2) is 10.2. The van der Waals surface area contributed by atoms with E-state index in [4.69, 9.17) is 10.5 Å². The van der Waals surface area contributed by atoms with Gasteiger partial charge in [0.2, 0.25) is 0 Å². The Labute approximate surface area is 143 Å². The maximum atomic E-state index is 7.05. The van der Waals surface area contributed by atoms with Crippen LogP contribution >= 0.6 is 0 Å². The van der Waals surface area contributed by atoms with Crippen LogP contribution in [0.5, 0.6) is 0 Å². The summed E-state index contributed by atoms with van der Waals surface area (Å²) in [6, 6.07) is 20.6. The summed E-state index contributed by atoms with van der Waals surface area (Å²) in [7, 11) is 0. The normalized spacial score (nSPS) is 10.1. The molecule has 24 heavy (non-hydrogen) atoms. The van der Waals surface area contributed by atoms with Gasteiger partial charge in [-0.3, -0.25) is 0 Å². The molecule has 0 fully saturated rings. The molecule has 0 aliphatic carbocycles.